The lowest BCUT2D eigenvalue weighted by Gasteiger charge is -2.20. The molecule has 3 heteroatoms. The summed E-state index contributed by atoms with van der Waals surface area (Å²) in [5.74, 6) is 0.0790. The molecule has 0 saturated heterocycles. The zero-order valence-electron chi connectivity index (χ0n) is 11.8. The van der Waals surface area contributed by atoms with E-state index in [1.807, 2.05) is 24.3 Å². The summed E-state index contributed by atoms with van der Waals surface area (Å²) >= 11 is 3.46. The summed E-state index contributed by atoms with van der Waals surface area (Å²) in [6.07, 6.45) is 1.00. The van der Waals surface area contributed by atoms with Gasteiger partial charge in [-0.15, -0.1) is 0 Å². The highest BCUT2D eigenvalue weighted by Crippen LogP contribution is 2.24. The molecule has 0 fully saturated rings. The number of hydrogen-bond donors (Lipinski definition) is 0. The lowest BCUT2D eigenvalue weighted by Crippen LogP contribution is -2.20. The summed E-state index contributed by atoms with van der Waals surface area (Å²) < 4.78 is 0.856. The molecule has 0 saturated carbocycles. The molecule has 2 rings (SSSR count). The van der Waals surface area contributed by atoms with Crippen molar-refractivity contribution in [2.24, 2.45) is 0 Å². The molecule has 2 aromatic carbocycles. The fourth-order valence-corrected chi connectivity index (χ4v) is 2.74. The first-order valence-corrected chi connectivity index (χ1v) is 7.43. The van der Waals surface area contributed by atoms with E-state index in [0.717, 1.165) is 28.7 Å². The predicted molar refractivity (Wildman–Crippen MR) is 87.6 cm³/mol. The third-order valence-corrected chi connectivity index (χ3v) is 4.01. The molecule has 0 N–H and O–H groups in total. The molecular weight excluding hydrogens is 314 g/mol. The van der Waals surface area contributed by atoms with Crippen molar-refractivity contribution < 1.29 is 4.79 Å². The van der Waals surface area contributed by atoms with Crippen molar-refractivity contribution >= 4 is 27.4 Å². The van der Waals surface area contributed by atoms with Gasteiger partial charge in [-0.25, -0.2) is 0 Å². The SMILES string of the molecule is CC(=O)c1ccc(N(C)CCc2ccccc2)cc1Br. The van der Waals surface area contributed by atoms with Crippen molar-refractivity contribution in [1.82, 2.24) is 0 Å². The van der Waals surface area contributed by atoms with Crippen LogP contribution >= 0.6 is 15.9 Å². The first kappa shape index (κ1) is 14.8. The van der Waals surface area contributed by atoms with E-state index in [9.17, 15) is 4.79 Å². The second-order valence-electron chi connectivity index (χ2n) is 4.88. The van der Waals surface area contributed by atoms with Gasteiger partial charge in [-0.05, 0) is 53.0 Å². The number of rotatable bonds is 5. The van der Waals surface area contributed by atoms with E-state index in [2.05, 4.69) is 52.1 Å². The maximum absolute atomic E-state index is 11.4. The van der Waals surface area contributed by atoms with Crippen LogP contribution in [0.3, 0.4) is 0 Å². The van der Waals surface area contributed by atoms with Crippen molar-refractivity contribution in [3.05, 3.63) is 64.1 Å². The number of nitrogens with zero attached hydrogens (tertiary/aromatic N) is 1. The second-order valence-corrected chi connectivity index (χ2v) is 5.73. The van der Waals surface area contributed by atoms with Gasteiger partial charge in [0.25, 0.3) is 0 Å². The highest BCUT2D eigenvalue weighted by molar-refractivity contribution is 9.10. The van der Waals surface area contributed by atoms with Crippen LogP contribution in [0.1, 0.15) is 22.8 Å². The van der Waals surface area contributed by atoms with E-state index in [1.165, 1.54) is 5.56 Å². The average molecular weight is 332 g/mol. The summed E-state index contributed by atoms with van der Waals surface area (Å²) in [6, 6.07) is 16.3. The smallest absolute Gasteiger partial charge is 0.160 e. The minimum absolute atomic E-state index is 0.0790. The van der Waals surface area contributed by atoms with Crippen LogP contribution in [0.25, 0.3) is 0 Å². The second kappa shape index (κ2) is 6.71. The number of halogens is 1. The molecule has 0 aliphatic carbocycles. The minimum Gasteiger partial charge on any atom is -0.374 e. The normalized spacial score (nSPS) is 10.3. The largest absolute Gasteiger partial charge is 0.374 e. The highest BCUT2D eigenvalue weighted by Gasteiger charge is 2.08. The molecule has 0 heterocycles. The quantitative estimate of drug-likeness (QED) is 0.760. The van der Waals surface area contributed by atoms with Crippen molar-refractivity contribution in [2.75, 3.05) is 18.5 Å². The molecular formula is C17H18BrNO. The van der Waals surface area contributed by atoms with E-state index in [0.29, 0.717) is 0 Å². The van der Waals surface area contributed by atoms with Gasteiger partial charge in [-0.2, -0.15) is 0 Å². The number of hydrogen-bond acceptors (Lipinski definition) is 2. The third kappa shape index (κ3) is 3.70. The van der Waals surface area contributed by atoms with Crippen molar-refractivity contribution in [3.8, 4) is 0 Å². The maximum atomic E-state index is 11.4. The Morgan fingerprint density at radius 1 is 1.15 bits per heavy atom. The van der Waals surface area contributed by atoms with E-state index in [-0.39, 0.29) is 5.78 Å². The van der Waals surface area contributed by atoms with Crippen LogP contribution < -0.4 is 4.90 Å². The lowest BCUT2D eigenvalue weighted by atomic mass is 10.1. The Labute approximate surface area is 128 Å². The average Bonchev–Trinajstić information content (AvgIpc) is 2.45. The van der Waals surface area contributed by atoms with Crippen molar-refractivity contribution in [3.63, 3.8) is 0 Å². The summed E-state index contributed by atoms with van der Waals surface area (Å²) in [5.41, 5.74) is 3.17. The number of anilines is 1. The van der Waals surface area contributed by atoms with Gasteiger partial charge >= 0.3 is 0 Å². The fraction of sp³-hybridized carbons (Fsp3) is 0.235. The summed E-state index contributed by atoms with van der Waals surface area (Å²) in [7, 11) is 2.07. The van der Waals surface area contributed by atoms with Crippen LogP contribution in [-0.4, -0.2) is 19.4 Å². The Kier molecular flexibility index (Phi) is 4.96. The molecule has 104 valence electrons. The molecule has 0 atom stereocenters. The predicted octanol–water partition coefficient (Wildman–Crippen LogP) is 4.33. The van der Waals surface area contributed by atoms with Crippen LogP contribution in [0.2, 0.25) is 0 Å². The zero-order chi connectivity index (χ0) is 14.5. The first-order valence-electron chi connectivity index (χ1n) is 6.63. The van der Waals surface area contributed by atoms with Crippen molar-refractivity contribution in [2.45, 2.75) is 13.3 Å². The van der Waals surface area contributed by atoms with Gasteiger partial charge in [0.15, 0.2) is 5.78 Å². The minimum atomic E-state index is 0.0790. The van der Waals surface area contributed by atoms with E-state index in [4.69, 9.17) is 0 Å². The number of likely N-dealkylation sites (N-methyl/N-ethyl adjacent to an activating group) is 1. The van der Waals surface area contributed by atoms with Crippen LogP contribution in [0.4, 0.5) is 5.69 Å². The Hall–Kier alpha value is -1.61. The Balaban J connectivity index is 2.04. The molecule has 0 radical (unpaired) electrons. The zero-order valence-corrected chi connectivity index (χ0v) is 13.4. The molecule has 20 heavy (non-hydrogen) atoms. The molecule has 0 aliphatic rings. The summed E-state index contributed by atoms with van der Waals surface area (Å²) in [6.45, 7) is 2.52. The first-order chi connectivity index (χ1) is 9.58. The van der Waals surface area contributed by atoms with E-state index in [1.54, 1.807) is 6.92 Å². The Bertz CT molecular complexity index is 595. The van der Waals surface area contributed by atoms with Gasteiger partial charge < -0.3 is 4.90 Å². The van der Waals surface area contributed by atoms with Gasteiger partial charge in [0, 0.05) is 29.3 Å². The topological polar surface area (TPSA) is 20.3 Å². The highest BCUT2D eigenvalue weighted by atomic mass is 79.9. The van der Waals surface area contributed by atoms with E-state index >= 15 is 0 Å². The standard InChI is InChI=1S/C17H18BrNO/c1-13(20)16-9-8-15(12-17(16)18)19(2)11-10-14-6-4-3-5-7-14/h3-9,12H,10-11H2,1-2H3. The van der Waals surface area contributed by atoms with Crippen LogP contribution in [0.15, 0.2) is 53.0 Å². The number of Topliss-reactive ketones (excluding diaryl/α,β-unsaturated/α-hetero) is 1. The number of carbonyl (C=O) groups excluding carboxylic acids is 1. The van der Waals surface area contributed by atoms with Crippen LogP contribution in [0, 0.1) is 0 Å². The van der Waals surface area contributed by atoms with Gasteiger partial charge in [0.2, 0.25) is 0 Å². The summed E-state index contributed by atoms with van der Waals surface area (Å²) in [4.78, 5) is 13.6. The molecule has 0 spiro atoms. The molecule has 2 aromatic rings. The van der Waals surface area contributed by atoms with Gasteiger partial charge in [0.05, 0.1) is 0 Å². The van der Waals surface area contributed by atoms with E-state index < -0.39 is 0 Å². The molecule has 0 bridgehead atoms. The van der Waals surface area contributed by atoms with Gasteiger partial charge in [-0.3, -0.25) is 4.79 Å². The molecule has 0 aromatic heterocycles. The van der Waals surface area contributed by atoms with Gasteiger partial charge in [0.1, 0.15) is 0 Å². The Morgan fingerprint density at radius 2 is 1.85 bits per heavy atom. The van der Waals surface area contributed by atoms with Crippen LogP contribution in [-0.2, 0) is 6.42 Å². The number of ketones is 1. The number of carbonyl (C=O) groups is 1. The molecule has 2 nitrogen and oxygen atoms in total. The molecule has 0 unspecified atom stereocenters. The summed E-state index contributed by atoms with van der Waals surface area (Å²) in [5, 5.41) is 0. The molecule has 0 amide bonds. The maximum Gasteiger partial charge on any atom is 0.160 e. The fourth-order valence-electron chi connectivity index (χ4n) is 2.10. The van der Waals surface area contributed by atoms with Crippen LogP contribution in [0.5, 0.6) is 0 Å². The third-order valence-electron chi connectivity index (χ3n) is 3.35. The molecule has 0 aliphatic heterocycles. The number of benzene rings is 2. The van der Waals surface area contributed by atoms with Gasteiger partial charge in [-0.1, -0.05) is 30.3 Å². The Morgan fingerprint density at radius 3 is 2.45 bits per heavy atom. The van der Waals surface area contributed by atoms with Crippen molar-refractivity contribution in [1.29, 1.82) is 0 Å². The lowest BCUT2D eigenvalue weighted by molar-refractivity contribution is 0.101. The monoisotopic (exact) mass is 331 g/mol.